The summed E-state index contributed by atoms with van der Waals surface area (Å²) in [6.07, 6.45) is 2.88. The Kier molecular flexibility index (Phi) is 6.92. The van der Waals surface area contributed by atoms with E-state index in [1.807, 2.05) is 18.2 Å². The van der Waals surface area contributed by atoms with E-state index in [2.05, 4.69) is 61.6 Å². The number of pyridine rings is 1. The molecule has 0 bridgehead atoms. The highest BCUT2D eigenvalue weighted by molar-refractivity contribution is 9.10. The first-order valence-corrected chi connectivity index (χ1v) is 10.0. The maximum Gasteiger partial charge on any atom is 0.212 e. The Bertz CT molecular complexity index is 765. The Hall–Kier alpha value is -2.28. The van der Waals surface area contributed by atoms with Gasteiger partial charge in [-0.05, 0) is 47.0 Å². The lowest BCUT2D eigenvalue weighted by Gasteiger charge is -2.21. The van der Waals surface area contributed by atoms with Gasteiger partial charge >= 0.3 is 0 Å². The summed E-state index contributed by atoms with van der Waals surface area (Å²) in [6.45, 7) is 5.47. The lowest BCUT2D eigenvalue weighted by molar-refractivity contribution is 0.397. The molecule has 2 heterocycles. The number of ether oxygens (including phenoxy) is 1. The molecule has 0 aliphatic carbocycles. The topological polar surface area (TPSA) is 61.8 Å². The Labute approximate surface area is 169 Å². The number of anilines is 1. The molecule has 144 valence electrons. The average molecular weight is 432 g/mol. The van der Waals surface area contributed by atoms with E-state index >= 15 is 0 Å². The predicted octanol–water partition coefficient (Wildman–Crippen LogP) is 3.19. The molecule has 1 atom stereocenters. The molecule has 6 nitrogen and oxygen atoms in total. The molecule has 1 fully saturated rings. The molecule has 2 aromatic rings. The Morgan fingerprint density at radius 3 is 2.89 bits per heavy atom. The fourth-order valence-electron chi connectivity index (χ4n) is 3.11. The molecule has 7 heteroatoms. The molecule has 0 radical (unpaired) electrons. The SMILES string of the molecule is CCNC(=NCc1ccc(OC)nc1)NC1CCN(c2ccccc2Br)C1. The van der Waals surface area contributed by atoms with Crippen molar-refractivity contribution in [1.29, 1.82) is 0 Å². The van der Waals surface area contributed by atoms with Crippen LogP contribution in [0.4, 0.5) is 5.69 Å². The van der Waals surface area contributed by atoms with Gasteiger partial charge in [0.05, 0.1) is 19.3 Å². The third kappa shape index (κ3) is 5.35. The number of rotatable bonds is 6. The van der Waals surface area contributed by atoms with E-state index in [9.17, 15) is 0 Å². The van der Waals surface area contributed by atoms with E-state index in [0.717, 1.165) is 42.1 Å². The quantitative estimate of drug-likeness (QED) is 0.543. The van der Waals surface area contributed by atoms with Crippen molar-refractivity contribution >= 4 is 27.6 Å². The molecule has 3 rings (SSSR count). The van der Waals surface area contributed by atoms with Crippen LogP contribution in [0.2, 0.25) is 0 Å². The highest BCUT2D eigenvalue weighted by Gasteiger charge is 2.24. The predicted molar refractivity (Wildman–Crippen MR) is 114 cm³/mol. The number of hydrogen-bond donors (Lipinski definition) is 2. The molecule has 27 heavy (non-hydrogen) atoms. The minimum Gasteiger partial charge on any atom is -0.481 e. The number of aromatic nitrogens is 1. The van der Waals surface area contributed by atoms with Crippen LogP contribution in [0.1, 0.15) is 18.9 Å². The lowest BCUT2D eigenvalue weighted by atomic mass is 10.2. The fraction of sp³-hybridized carbons (Fsp3) is 0.400. The zero-order valence-electron chi connectivity index (χ0n) is 15.8. The van der Waals surface area contributed by atoms with Gasteiger partial charge in [0.15, 0.2) is 5.96 Å². The summed E-state index contributed by atoms with van der Waals surface area (Å²) in [5.74, 6) is 1.46. The van der Waals surface area contributed by atoms with E-state index in [1.165, 1.54) is 5.69 Å². The normalized spacial score (nSPS) is 17.1. The van der Waals surface area contributed by atoms with E-state index in [0.29, 0.717) is 18.5 Å². The van der Waals surface area contributed by atoms with Crippen molar-refractivity contribution in [2.24, 2.45) is 4.99 Å². The number of aliphatic imine (C=N–C) groups is 1. The number of guanidine groups is 1. The second kappa shape index (κ2) is 9.60. The fourth-order valence-corrected chi connectivity index (χ4v) is 3.65. The van der Waals surface area contributed by atoms with Crippen LogP contribution >= 0.6 is 15.9 Å². The van der Waals surface area contributed by atoms with Gasteiger partial charge in [0.2, 0.25) is 5.88 Å². The lowest BCUT2D eigenvalue weighted by Crippen LogP contribution is -2.44. The largest absolute Gasteiger partial charge is 0.481 e. The Morgan fingerprint density at radius 2 is 2.19 bits per heavy atom. The summed E-state index contributed by atoms with van der Waals surface area (Å²) in [5, 5.41) is 6.90. The standard InChI is InChI=1S/C20H26BrN5O/c1-3-22-20(24-13-15-8-9-19(27-2)23-12-15)25-16-10-11-26(14-16)18-7-5-4-6-17(18)21/h4-9,12,16H,3,10-11,13-14H2,1-2H3,(H2,22,24,25). The third-order valence-corrected chi connectivity index (χ3v) is 5.16. The molecule has 0 saturated carbocycles. The molecule has 1 aliphatic heterocycles. The van der Waals surface area contributed by atoms with Gasteiger partial charge in [-0.1, -0.05) is 18.2 Å². The number of para-hydroxylation sites is 1. The molecule has 1 saturated heterocycles. The first kappa shape index (κ1) is 19.5. The van der Waals surface area contributed by atoms with Crippen molar-refractivity contribution in [3.8, 4) is 5.88 Å². The summed E-state index contributed by atoms with van der Waals surface area (Å²) < 4.78 is 6.23. The highest BCUT2D eigenvalue weighted by atomic mass is 79.9. The van der Waals surface area contributed by atoms with Gasteiger partial charge in [0.25, 0.3) is 0 Å². The number of halogens is 1. The Balaban J connectivity index is 1.60. The van der Waals surface area contributed by atoms with Crippen molar-refractivity contribution in [3.63, 3.8) is 0 Å². The van der Waals surface area contributed by atoms with Crippen LogP contribution in [0.15, 0.2) is 52.1 Å². The summed E-state index contributed by atoms with van der Waals surface area (Å²) >= 11 is 3.65. The minimum absolute atomic E-state index is 0.365. The van der Waals surface area contributed by atoms with E-state index in [-0.39, 0.29) is 0 Å². The first-order chi connectivity index (χ1) is 13.2. The van der Waals surface area contributed by atoms with E-state index in [1.54, 1.807) is 13.3 Å². The number of nitrogens with zero attached hydrogens (tertiary/aromatic N) is 3. The molecule has 0 spiro atoms. The van der Waals surface area contributed by atoms with Crippen molar-refractivity contribution in [2.75, 3.05) is 31.6 Å². The van der Waals surface area contributed by atoms with E-state index < -0.39 is 0 Å². The van der Waals surface area contributed by atoms with Crippen molar-refractivity contribution < 1.29 is 4.74 Å². The highest BCUT2D eigenvalue weighted by Crippen LogP contribution is 2.28. The van der Waals surface area contributed by atoms with Crippen molar-refractivity contribution in [2.45, 2.75) is 25.9 Å². The maximum absolute atomic E-state index is 5.10. The molecule has 1 aliphatic rings. The number of benzene rings is 1. The summed E-state index contributed by atoms with van der Waals surface area (Å²) in [6, 6.07) is 12.6. The molecule has 2 N–H and O–H groups in total. The van der Waals surface area contributed by atoms with Crippen LogP contribution in [0.5, 0.6) is 5.88 Å². The van der Waals surface area contributed by atoms with Gasteiger partial charge in [0.1, 0.15) is 0 Å². The van der Waals surface area contributed by atoms with Crippen molar-refractivity contribution in [3.05, 3.63) is 52.6 Å². The van der Waals surface area contributed by atoms with Crippen molar-refractivity contribution in [1.82, 2.24) is 15.6 Å². The smallest absolute Gasteiger partial charge is 0.212 e. The van der Waals surface area contributed by atoms with Gasteiger partial charge in [0, 0.05) is 42.4 Å². The van der Waals surface area contributed by atoms with Crippen LogP contribution in [-0.4, -0.2) is 43.7 Å². The van der Waals surface area contributed by atoms with Gasteiger partial charge in [-0.15, -0.1) is 0 Å². The molecular weight excluding hydrogens is 406 g/mol. The van der Waals surface area contributed by atoms with Crippen LogP contribution in [0, 0.1) is 0 Å². The van der Waals surface area contributed by atoms with Gasteiger partial charge in [-0.3, -0.25) is 0 Å². The van der Waals surface area contributed by atoms with Crippen LogP contribution in [0.3, 0.4) is 0 Å². The Morgan fingerprint density at radius 1 is 1.33 bits per heavy atom. The zero-order chi connectivity index (χ0) is 19.1. The van der Waals surface area contributed by atoms with Gasteiger partial charge in [-0.2, -0.15) is 0 Å². The zero-order valence-corrected chi connectivity index (χ0v) is 17.4. The minimum atomic E-state index is 0.365. The molecular formula is C20H26BrN5O. The molecule has 0 amide bonds. The van der Waals surface area contributed by atoms with Crippen LogP contribution < -0.4 is 20.3 Å². The number of nitrogens with one attached hydrogen (secondary N) is 2. The average Bonchev–Trinajstić information content (AvgIpc) is 3.15. The second-order valence-electron chi connectivity index (χ2n) is 6.43. The summed E-state index contributed by atoms with van der Waals surface area (Å²) in [7, 11) is 1.62. The molecule has 1 unspecified atom stereocenters. The van der Waals surface area contributed by atoms with Gasteiger partial charge in [-0.25, -0.2) is 9.98 Å². The maximum atomic E-state index is 5.10. The monoisotopic (exact) mass is 431 g/mol. The number of hydrogen-bond acceptors (Lipinski definition) is 4. The van der Waals surface area contributed by atoms with Crippen LogP contribution in [0.25, 0.3) is 0 Å². The summed E-state index contributed by atoms with van der Waals surface area (Å²) in [5.41, 5.74) is 2.29. The van der Waals surface area contributed by atoms with Gasteiger partial charge < -0.3 is 20.3 Å². The number of methoxy groups -OCH3 is 1. The summed E-state index contributed by atoms with van der Waals surface area (Å²) in [4.78, 5) is 11.3. The third-order valence-electron chi connectivity index (χ3n) is 4.49. The molecule has 1 aromatic heterocycles. The van der Waals surface area contributed by atoms with E-state index in [4.69, 9.17) is 9.73 Å². The first-order valence-electron chi connectivity index (χ1n) is 9.23. The molecule has 1 aromatic carbocycles. The second-order valence-corrected chi connectivity index (χ2v) is 7.29. The van der Waals surface area contributed by atoms with Crippen LogP contribution in [-0.2, 0) is 6.54 Å².